The average Bonchev–Trinajstić information content (AvgIpc) is 2.94. The molecule has 4 heteroatoms. The molecule has 0 saturated carbocycles. The largest absolute Gasteiger partial charge is 0.371 e. The molecule has 1 fully saturated rings. The number of likely N-dealkylation sites (N-methyl/N-ethyl adjacent to an activating group) is 1. The fourth-order valence-electron chi connectivity index (χ4n) is 4.49. The van der Waals surface area contributed by atoms with E-state index in [1.165, 1.54) is 29.4 Å². The highest BCUT2D eigenvalue weighted by molar-refractivity contribution is 5.62. The van der Waals surface area contributed by atoms with Crippen molar-refractivity contribution in [1.82, 2.24) is 4.90 Å². The molecule has 2 aliphatic heterocycles. The van der Waals surface area contributed by atoms with Crippen molar-refractivity contribution in [2.24, 2.45) is 0 Å². The SMILES string of the molecule is CCN1CC2(CCN(Cc3c(F)cccc3F)CC2)c2ccccc21. The van der Waals surface area contributed by atoms with Gasteiger partial charge in [0.15, 0.2) is 0 Å². The summed E-state index contributed by atoms with van der Waals surface area (Å²) in [6.45, 7) is 6.38. The van der Waals surface area contributed by atoms with Crippen molar-refractivity contribution in [3.8, 4) is 0 Å². The van der Waals surface area contributed by atoms with Crippen LogP contribution in [-0.4, -0.2) is 31.1 Å². The van der Waals surface area contributed by atoms with Crippen LogP contribution in [0.2, 0.25) is 0 Å². The summed E-state index contributed by atoms with van der Waals surface area (Å²) in [5, 5.41) is 0. The van der Waals surface area contributed by atoms with Gasteiger partial charge in [0.2, 0.25) is 0 Å². The Kier molecular flexibility index (Phi) is 4.24. The number of halogens is 2. The van der Waals surface area contributed by atoms with Crippen LogP contribution < -0.4 is 4.90 Å². The van der Waals surface area contributed by atoms with Crippen molar-refractivity contribution in [3.05, 3.63) is 65.2 Å². The number of nitrogens with zero attached hydrogens (tertiary/aromatic N) is 2. The number of para-hydroxylation sites is 1. The first-order chi connectivity index (χ1) is 12.1. The zero-order valence-electron chi connectivity index (χ0n) is 14.6. The van der Waals surface area contributed by atoms with Gasteiger partial charge in [-0.1, -0.05) is 24.3 Å². The maximum absolute atomic E-state index is 13.9. The molecule has 0 aromatic heterocycles. The Morgan fingerprint density at radius 3 is 2.32 bits per heavy atom. The van der Waals surface area contributed by atoms with E-state index in [9.17, 15) is 8.78 Å². The second-order valence-electron chi connectivity index (χ2n) is 7.29. The second kappa shape index (κ2) is 6.41. The molecule has 0 atom stereocenters. The molecule has 0 radical (unpaired) electrons. The standard InChI is InChI=1S/C21H24F2N2/c1-2-25-15-21(17-6-3-4-9-20(17)25)10-12-24(13-11-21)14-16-18(22)7-5-8-19(16)23/h3-9H,2,10-15H2,1H3. The van der Waals surface area contributed by atoms with Crippen LogP contribution in [-0.2, 0) is 12.0 Å². The summed E-state index contributed by atoms with van der Waals surface area (Å²) in [6, 6.07) is 12.8. The fraction of sp³-hybridized carbons (Fsp3) is 0.429. The molecule has 0 aliphatic carbocycles. The number of piperidine rings is 1. The Morgan fingerprint density at radius 2 is 1.64 bits per heavy atom. The summed E-state index contributed by atoms with van der Waals surface area (Å²) in [4.78, 5) is 4.64. The minimum absolute atomic E-state index is 0.191. The number of hydrogen-bond donors (Lipinski definition) is 0. The predicted molar refractivity (Wildman–Crippen MR) is 96.9 cm³/mol. The quantitative estimate of drug-likeness (QED) is 0.819. The highest BCUT2D eigenvalue weighted by Gasteiger charge is 2.43. The van der Waals surface area contributed by atoms with E-state index in [2.05, 4.69) is 41.0 Å². The Bertz CT molecular complexity index is 746. The summed E-state index contributed by atoms with van der Waals surface area (Å²) in [6.07, 6.45) is 2.08. The first-order valence-corrected chi connectivity index (χ1v) is 9.13. The van der Waals surface area contributed by atoms with Gasteiger partial charge in [-0.3, -0.25) is 4.90 Å². The van der Waals surface area contributed by atoms with Crippen LogP contribution in [0.25, 0.3) is 0 Å². The third-order valence-electron chi connectivity index (χ3n) is 5.95. The Balaban J connectivity index is 1.51. The first kappa shape index (κ1) is 16.5. The van der Waals surface area contributed by atoms with Gasteiger partial charge in [0.1, 0.15) is 11.6 Å². The number of fused-ring (bicyclic) bond motifs is 2. The molecule has 4 rings (SSSR count). The molecular formula is C21H24F2N2. The minimum atomic E-state index is -0.441. The highest BCUT2D eigenvalue weighted by atomic mass is 19.1. The predicted octanol–water partition coefficient (Wildman–Crippen LogP) is 4.34. The van der Waals surface area contributed by atoms with Crippen LogP contribution in [0.15, 0.2) is 42.5 Å². The van der Waals surface area contributed by atoms with E-state index in [0.29, 0.717) is 6.54 Å². The van der Waals surface area contributed by atoms with Gasteiger partial charge in [0, 0.05) is 36.3 Å². The summed E-state index contributed by atoms with van der Waals surface area (Å²) >= 11 is 0. The van der Waals surface area contributed by atoms with Crippen LogP contribution in [0.4, 0.5) is 14.5 Å². The summed E-state index contributed by atoms with van der Waals surface area (Å²) in [7, 11) is 0. The van der Waals surface area contributed by atoms with E-state index in [0.717, 1.165) is 39.0 Å². The van der Waals surface area contributed by atoms with Gasteiger partial charge in [-0.15, -0.1) is 0 Å². The average molecular weight is 342 g/mol. The number of likely N-dealkylation sites (tertiary alicyclic amines) is 1. The van der Waals surface area contributed by atoms with Crippen LogP contribution >= 0.6 is 0 Å². The third kappa shape index (κ3) is 2.82. The molecule has 25 heavy (non-hydrogen) atoms. The highest BCUT2D eigenvalue weighted by Crippen LogP contribution is 2.46. The number of hydrogen-bond acceptors (Lipinski definition) is 2. The topological polar surface area (TPSA) is 6.48 Å². The monoisotopic (exact) mass is 342 g/mol. The Morgan fingerprint density at radius 1 is 0.960 bits per heavy atom. The number of benzene rings is 2. The molecule has 2 aromatic carbocycles. The van der Waals surface area contributed by atoms with Crippen molar-refractivity contribution in [1.29, 1.82) is 0 Å². The van der Waals surface area contributed by atoms with Gasteiger partial charge < -0.3 is 4.90 Å². The molecule has 1 spiro atoms. The minimum Gasteiger partial charge on any atom is -0.371 e. The van der Waals surface area contributed by atoms with Gasteiger partial charge in [0.25, 0.3) is 0 Å². The van der Waals surface area contributed by atoms with Gasteiger partial charge >= 0.3 is 0 Å². The summed E-state index contributed by atoms with van der Waals surface area (Å²) in [5.41, 5.74) is 3.20. The van der Waals surface area contributed by atoms with Crippen molar-refractivity contribution in [3.63, 3.8) is 0 Å². The number of rotatable bonds is 3. The van der Waals surface area contributed by atoms with E-state index in [1.807, 2.05) is 0 Å². The third-order valence-corrected chi connectivity index (χ3v) is 5.95. The molecule has 0 unspecified atom stereocenters. The van der Waals surface area contributed by atoms with Gasteiger partial charge in [0.05, 0.1) is 0 Å². The molecule has 132 valence electrons. The van der Waals surface area contributed by atoms with Crippen LogP contribution in [0.5, 0.6) is 0 Å². The van der Waals surface area contributed by atoms with Crippen molar-refractivity contribution >= 4 is 5.69 Å². The molecule has 1 saturated heterocycles. The van der Waals surface area contributed by atoms with E-state index in [1.54, 1.807) is 0 Å². The van der Waals surface area contributed by atoms with Crippen molar-refractivity contribution in [2.45, 2.75) is 31.7 Å². The maximum Gasteiger partial charge on any atom is 0.130 e. The molecule has 2 aliphatic rings. The van der Waals surface area contributed by atoms with Crippen LogP contribution in [0.1, 0.15) is 30.9 Å². The lowest BCUT2D eigenvalue weighted by Gasteiger charge is -2.40. The summed E-state index contributed by atoms with van der Waals surface area (Å²) in [5.74, 6) is -0.882. The molecule has 0 N–H and O–H groups in total. The lowest BCUT2D eigenvalue weighted by molar-refractivity contribution is 0.157. The molecule has 2 aromatic rings. The normalized spacial score (nSPS) is 19.4. The second-order valence-corrected chi connectivity index (χ2v) is 7.29. The maximum atomic E-state index is 13.9. The van der Waals surface area contributed by atoms with Crippen LogP contribution in [0.3, 0.4) is 0 Å². The van der Waals surface area contributed by atoms with Crippen molar-refractivity contribution < 1.29 is 8.78 Å². The lowest BCUT2D eigenvalue weighted by atomic mass is 9.74. The van der Waals surface area contributed by atoms with Crippen LogP contribution in [0, 0.1) is 11.6 Å². The zero-order valence-corrected chi connectivity index (χ0v) is 14.6. The van der Waals surface area contributed by atoms with E-state index in [4.69, 9.17) is 0 Å². The Hall–Kier alpha value is -1.94. The summed E-state index contributed by atoms with van der Waals surface area (Å²) < 4.78 is 27.8. The molecule has 0 bridgehead atoms. The fourth-order valence-corrected chi connectivity index (χ4v) is 4.49. The first-order valence-electron chi connectivity index (χ1n) is 9.13. The molecule has 2 nitrogen and oxygen atoms in total. The number of anilines is 1. The van der Waals surface area contributed by atoms with Crippen molar-refractivity contribution in [2.75, 3.05) is 31.1 Å². The van der Waals surface area contributed by atoms with E-state index < -0.39 is 11.6 Å². The molecule has 2 heterocycles. The lowest BCUT2D eigenvalue weighted by Crippen LogP contribution is -2.45. The van der Waals surface area contributed by atoms with E-state index in [-0.39, 0.29) is 11.0 Å². The van der Waals surface area contributed by atoms with Gasteiger partial charge in [-0.25, -0.2) is 8.78 Å². The van der Waals surface area contributed by atoms with Gasteiger partial charge in [-0.2, -0.15) is 0 Å². The molecule has 0 amide bonds. The molecular weight excluding hydrogens is 318 g/mol. The smallest absolute Gasteiger partial charge is 0.130 e. The zero-order chi connectivity index (χ0) is 17.4. The Labute approximate surface area is 148 Å². The van der Waals surface area contributed by atoms with E-state index >= 15 is 0 Å². The van der Waals surface area contributed by atoms with Gasteiger partial charge in [-0.05, 0) is 56.6 Å².